The molecular weight excluding hydrogens is 269 g/mol. The molecule has 1 unspecified atom stereocenters. The van der Waals surface area contributed by atoms with Gasteiger partial charge in [-0.15, -0.1) is 0 Å². The summed E-state index contributed by atoms with van der Waals surface area (Å²) < 4.78 is 67.2. The lowest BCUT2D eigenvalue weighted by atomic mass is 10.0. The van der Waals surface area contributed by atoms with Gasteiger partial charge in [0.2, 0.25) is 0 Å². The Bertz CT molecular complexity index is 433. The number of hydrogen-bond donors (Lipinski definition) is 1. The van der Waals surface area contributed by atoms with Crippen LogP contribution in [0.5, 0.6) is 0 Å². The Hall–Kier alpha value is -1.21. The van der Waals surface area contributed by atoms with Crippen LogP contribution in [0, 0.1) is 18.6 Å². The van der Waals surface area contributed by atoms with E-state index in [-0.39, 0.29) is 11.1 Å². The first-order valence-electron chi connectivity index (χ1n) is 5.52. The van der Waals surface area contributed by atoms with Gasteiger partial charge in [-0.2, -0.15) is 13.2 Å². The predicted octanol–water partition coefficient (Wildman–Crippen LogP) is 3.11. The van der Waals surface area contributed by atoms with Crippen molar-refractivity contribution in [3.05, 3.63) is 34.9 Å². The lowest BCUT2D eigenvalue weighted by Gasteiger charge is -2.18. The second-order valence-electron chi connectivity index (χ2n) is 4.09. The molecule has 1 rings (SSSR count). The summed E-state index contributed by atoms with van der Waals surface area (Å²) in [6.07, 6.45) is -4.45. The van der Waals surface area contributed by atoms with Gasteiger partial charge in [0, 0.05) is 5.56 Å². The first kappa shape index (κ1) is 15.8. The predicted molar refractivity (Wildman–Crippen MR) is 59.8 cm³/mol. The molecule has 0 saturated carbocycles. The van der Waals surface area contributed by atoms with E-state index < -0.39 is 37.1 Å². The largest absolute Gasteiger partial charge is 0.411 e. The van der Waals surface area contributed by atoms with Gasteiger partial charge in [-0.3, -0.25) is 0 Å². The molecule has 0 fully saturated rings. The van der Waals surface area contributed by atoms with Gasteiger partial charge in [0.05, 0.1) is 12.6 Å². The molecule has 0 heterocycles. The van der Waals surface area contributed by atoms with Crippen molar-refractivity contribution in [2.24, 2.45) is 0 Å². The van der Waals surface area contributed by atoms with Crippen LogP contribution in [-0.2, 0) is 4.74 Å². The van der Waals surface area contributed by atoms with Crippen molar-refractivity contribution in [1.82, 2.24) is 5.32 Å². The third kappa shape index (κ3) is 4.76. The van der Waals surface area contributed by atoms with Crippen LogP contribution in [0.3, 0.4) is 0 Å². The van der Waals surface area contributed by atoms with Crippen LogP contribution in [0.15, 0.2) is 12.1 Å². The Kier molecular flexibility index (Phi) is 5.25. The quantitative estimate of drug-likeness (QED) is 0.838. The average Bonchev–Trinajstić information content (AvgIpc) is 2.29. The minimum absolute atomic E-state index is 0.0622. The van der Waals surface area contributed by atoms with E-state index in [1.54, 1.807) is 0 Å². The van der Waals surface area contributed by atoms with Crippen molar-refractivity contribution in [2.45, 2.75) is 19.1 Å². The summed E-state index contributed by atoms with van der Waals surface area (Å²) >= 11 is 0. The summed E-state index contributed by atoms with van der Waals surface area (Å²) in [5, 5.41) is 2.59. The summed E-state index contributed by atoms with van der Waals surface area (Å²) in [5.74, 6) is -1.30. The summed E-state index contributed by atoms with van der Waals surface area (Å²) in [4.78, 5) is 0. The number of alkyl halides is 3. The molecule has 0 aliphatic heterocycles. The van der Waals surface area contributed by atoms with E-state index in [0.717, 1.165) is 12.1 Å². The van der Waals surface area contributed by atoms with Crippen molar-refractivity contribution in [1.29, 1.82) is 0 Å². The van der Waals surface area contributed by atoms with Crippen LogP contribution in [0.25, 0.3) is 0 Å². The van der Waals surface area contributed by atoms with Gasteiger partial charge >= 0.3 is 6.18 Å². The van der Waals surface area contributed by atoms with Gasteiger partial charge < -0.3 is 10.1 Å². The molecule has 7 heteroatoms. The molecular formula is C12H14F5NO. The fourth-order valence-corrected chi connectivity index (χ4v) is 1.55. The minimum atomic E-state index is -4.45. The number of rotatable bonds is 5. The van der Waals surface area contributed by atoms with Crippen molar-refractivity contribution in [2.75, 3.05) is 20.3 Å². The zero-order valence-electron chi connectivity index (χ0n) is 10.4. The van der Waals surface area contributed by atoms with Crippen LogP contribution in [0.4, 0.5) is 22.0 Å². The Morgan fingerprint density at radius 2 is 1.84 bits per heavy atom. The first-order valence-corrected chi connectivity index (χ1v) is 5.52. The normalized spacial score (nSPS) is 13.6. The highest BCUT2D eigenvalue weighted by atomic mass is 19.4. The van der Waals surface area contributed by atoms with Gasteiger partial charge in [-0.25, -0.2) is 8.78 Å². The molecule has 1 aromatic carbocycles. The number of ether oxygens (including phenoxy) is 1. The first-order chi connectivity index (χ1) is 8.74. The Balaban J connectivity index is 2.77. The number of aryl methyl sites for hydroxylation is 1. The molecule has 0 aromatic heterocycles. The number of benzene rings is 1. The monoisotopic (exact) mass is 283 g/mol. The van der Waals surface area contributed by atoms with Gasteiger partial charge in [0.25, 0.3) is 0 Å². The molecule has 0 spiro atoms. The highest BCUT2D eigenvalue weighted by Crippen LogP contribution is 2.22. The highest BCUT2D eigenvalue weighted by Gasteiger charge is 2.28. The van der Waals surface area contributed by atoms with Gasteiger partial charge in [0.15, 0.2) is 0 Å². The summed E-state index contributed by atoms with van der Waals surface area (Å²) in [7, 11) is 1.43. The van der Waals surface area contributed by atoms with E-state index in [2.05, 4.69) is 10.1 Å². The Morgan fingerprint density at radius 1 is 1.21 bits per heavy atom. The van der Waals surface area contributed by atoms with Crippen LogP contribution >= 0.6 is 0 Å². The van der Waals surface area contributed by atoms with Gasteiger partial charge in [0.1, 0.15) is 18.2 Å². The van der Waals surface area contributed by atoms with Crippen molar-refractivity contribution >= 4 is 0 Å². The molecule has 0 amide bonds. The Labute approximate surface area is 107 Å². The Morgan fingerprint density at radius 3 is 2.37 bits per heavy atom. The molecule has 0 saturated heterocycles. The van der Waals surface area contributed by atoms with Gasteiger partial charge in [-0.05, 0) is 31.7 Å². The molecule has 0 radical (unpaired) electrons. The van der Waals surface area contributed by atoms with Gasteiger partial charge in [-0.1, -0.05) is 0 Å². The van der Waals surface area contributed by atoms with Crippen LogP contribution < -0.4 is 5.32 Å². The molecule has 19 heavy (non-hydrogen) atoms. The van der Waals surface area contributed by atoms with Crippen LogP contribution in [-0.4, -0.2) is 26.4 Å². The average molecular weight is 283 g/mol. The smallest absolute Gasteiger partial charge is 0.370 e. The maximum absolute atomic E-state index is 13.6. The topological polar surface area (TPSA) is 21.3 Å². The molecule has 0 bridgehead atoms. The number of nitrogens with one attached hydrogen (secondary N) is 1. The maximum Gasteiger partial charge on any atom is 0.411 e. The molecule has 1 atom stereocenters. The van der Waals surface area contributed by atoms with E-state index in [4.69, 9.17) is 0 Å². The molecule has 0 aliphatic rings. The molecule has 1 aromatic rings. The second kappa shape index (κ2) is 6.29. The highest BCUT2D eigenvalue weighted by molar-refractivity contribution is 5.27. The minimum Gasteiger partial charge on any atom is -0.370 e. The SMILES string of the molecule is CNC(COCC(F)(F)F)c1cc(F)c(C)cc1F. The van der Waals surface area contributed by atoms with Crippen molar-refractivity contribution < 1.29 is 26.7 Å². The molecule has 108 valence electrons. The zero-order valence-corrected chi connectivity index (χ0v) is 10.4. The van der Waals surface area contributed by atoms with E-state index >= 15 is 0 Å². The zero-order chi connectivity index (χ0) is 14.6. The summed E-state index contributed by atoms with van der Waals surface area (Å²) in [6.45, 7) is -0.437. The maximum atomic E-state index is 13.6. The number of halogens is 5. The molecule has 2 nitrogen and oxygen atoms in total. The summed E-state index contributed by atoms with van der Waals surface area (Å²) in [6, 6.07) is 1.11. The number of likely N-dealkylation sites (N-methyl/N-ethyl adjacent to an activating group) is 1. The van der Waals surface area contributed by atoms with Crippen LogP contribution in [0.1, 0.15) is 17.2 Å². The third-order valence-electron chi connectivity index (χ3n) is 2.55. The lowest BCUT2D eigenvalue weighted by molar-refractivity contribution is -0.175. The van der Waals surface area contributed by atoms with Crippen LogP contribution in [0.2, 0.25) is 0 Å². The summed E-state index contributed by atoms with van der Waals surface area (Å²) in [5.41, 5.74) is 0.0695. The van der Waals surface area contributed by atoms with E-state index in [9.17, 15) is 22.0 Å². The van der Waals surface area contributed by atoms with E-state index in [1.165, 1.54) is 14.0 Å². The molecule has 0 aliphatic carbocycles. The van der Waals surface area contributed by atoms with Crippen molar-refractivity contribution in [3.63, 3.8) is 0 Å². The standard InChI is InChI=1S/C12H14F5NO/c1-7-3-10(14)8(4-9(7)13)11(18-2)5-19-6-12(15,16)17/h3-4,11,18H,5-6H2,1-2H3. The third-order valence-corrected chi connectivity index (χ3v) is 2.55. The van der Waals surface area contributed by atoms with Crippen molar-refractivity contribution in [3.8, 4) is 0 Å². The van der Waals surface area contributed by atoms with E-state index in [0.29, 0.717) is 0 Å². The lowest BCUT2D eigenvalue weighted by Crippen LogP contribution is -2.26. The fraction of sp³-hybridized carbons (Fsp3) is 0.500. The molecule has 1 N–H and O–H groups in total. The number of hydrogen-bond acceptors (Lipinski definition) is 2. The second-order valence-corrected chi connectivity index (χ2v) is 4.09. The fourth-order valence-electron chi connectivity index (χ4n) is 1.55. The van der Waals surface area contributed by atoms with E-state index in [1.807, 2.05) is 0 Å².